The molecule has 2 aromatic rings. The molecule has 2 N–H and O–H groups in total. The molecule has 0 saturated carbocycles. The van der Waals surface area contributed by atoms with Gasteiger partial charge in [-0.15, -0.1) is 0 Å². The molecule has 0 aliphatic rings. The van der Waals surface area contributed by atoms with E-state index in [4.69, 9.17) is 32.7 Å². The highest BCUT2D eigenvalue weighted by molar-refractivity contribution is 6.35. The Labute approximate surface area is 167 Å². The Balaban J connectivity index is 2.15. The van der Waals surface area contributed by atoms with Crippen LogP contribution in [0.4, 0.5) is 4.79 Å². The zero-order valence-electron chi connectivity index (χ0n) is 14.6. The maximum atomic E-state index is 12.2. The van der Waals surface area contributed by atoms with Crippen LogP contribution in [0, 0.1) is 0 Å². The van der Waals surface area contributed by atoms with Crippen LogP contribution in [-0.4, -0.2) is 23.8 Å². The Bertz CT molecular complexity index is 798. The van der Waals surface area contributed by atoms with E-state index < -0.39 is 18.1 Å². The predicted octanol–water partition coefficient (Wildman–Crippen LogP) is 4.62. The SMILES string of the molecule is CCOC(=O)C[C@@H](NC(=O)OCc1ccccc1)c1cc(Cl)cc(Cl)c1O. The predicted molar refractivity (Wildman–Crippen MR) is 102 cm³/mol. The third-order valence-electron chi connectivity index (χ3n) is 3.61. The van der Waals surface area contributed by atoms with Gasteiger partial charge in [-0.1, -0.05) is 53.5 Å². The van der Waals surface area contributed by atoms with Crippen LogP contribution < -0.4 is 5.32 Å². The molecule has 1 amide bonds. The molecule has 0 aromatic heterocycles. The van der Waals surface area contributed by atoms with Gasteiger partial charge < -0.3 is 19.9 Å². The second-order valence-electron chi connectivity index (χ2n) is 5.59. The van der Waals surface area contributed by atoms with Crippen LogP contribution in [-0.2, 0) is 20.9 Å². The fourth-order valence-electron chi connectivity index (χ4n) is 2.38. The number of alkyl carbamates (subject to hydrolysis) is 1. The molecule has 27 heavy (non-hydrogen) atoms. The first-order chi connectivity index (χ1) is 12.9. The molecule has 0 fully saturated rings. The van der Waals surface area contributed by atoms with Crippen molar-refractivity contribution < 1.29 is 24.2 Å². The van der Waals surface area contributed by atoms with Crippen LogP contribution in [0.15, 0.2) is 42.5 Å². The lowest BCUT2D eigenvalue weighted by Crippen LogP contribution is -2.31. The monoisotopic (exact) mass is 411 g/mol. The summed E-state index contributed by atoms with van der Waals surface area (Å²) >= 11 is 11.9. The molecule has 2 rings (SSSR count). The number of carbonyl (C=O) groups excluding carboxylic acids is 2. The van der Waals surface area contributed by atoms with E-state index >= 15 is 0 Å². The molecule has 6 nitrogen and oxygen atoms in total. The molecule has 0 aliphatic carbocycles. The standard InChI is InChI=1S/C19H19Cl2NO5/c1-2-26-17(23)10-16(14-8-13(20)9-15(21)18(14)24)22-19(25)27-11-12-6-4-3-5-7-12/h3-9,16,24H,2,10-11H2,1H3,(H,22,25)/t16-/m1/s1. The third-order valence-corrected chi connectivity index (χ3v) is 4.12. The molecule has 0 saturated heterocycles. The van der Waals surface area contributed by atoms with Gasteiger partial charge in [0.25, 0.3) is 0 Å². The van der Waals surface area contributed by atoms with Crippen molar-refractivity contribution in [3.8, 4) is 5.75 Å². The van der Waals surface area contributed by atoms with E-state index in [1.807, 2.05) is 30.3 Å². The number of rotatable bonds is 7. The second kappa shape index (κ2) is 10.0. The van der Waals surface area contributed by atoms with Crippen molar-refractivity contribution in [2.24, 2.45) is 0 Å². The summed E-state index contributed by atoms with van der Waals surface area (Å²) in [5, 5.41) is 13.0. The van der Waals surface area contributed by atoms with Crippen molar-refractivity contribution in [1.29, 1.82) is 0 Å². The van der Waals surface area contributed by atoms with Gasteiger partial charge in [0.15, 0.2) is 0 Å². The lowest BCUT2D eigenvalue weighted by atomic mass is 10.0. The first-order valence-corrected chi connectivity index (χ1v) is 8.97. The average molecular weight is 412 g/mol. The number of aromatic hydroxyl groups is 1. The van der Waals surface area contributed by atoms with Crippen molar-refractivity contribution in [2.75, 3.05) is 6.61 Å². The second-order valence-corrected chi connectivity index (χ2v) is 6.44. The lowest BCUT2D eigenvalue weighted by molar-refractivity contribution is -0.143. The summed E-state index contributed by atoms with van der Waals surface area (Å²) in [4.78, 5) is 24.1. The number of halogens is 2. The third kappa shape index (κ3) is 6.34. The van der Waals surface area contributed by atoms with Crippen LogP contribution >= 0.6 is 23.2 Å². The molecule has 0 aliphatic heterocycles. The van der Waals surface area contributed by atoms with Crippen LogP contribution in [0.5, 0.6) is 5.75 Å². The zero-order valence-corrected chi connectivity index (χ0v) is 16.1. The largest absolute Gasteiger partial charge is 0.506 e. The first-order valence-electron chi connectivity index (χ1n) is 8.21. The van der Waals surface area contributed by atoms with Crippen molar-refractivity contribution in [3.63, 3.8) is 0 Å². The van der Waals surface area contributed by atoms with Gasteiger partial charge in [-0.25, -0.2) is 4.79 Å². The lowest BCUT2D eigenvalue weighted by Gasteiger charge is -2.20. The fourth-order valence-corrected chi connectivity index (χ4v) is 2.89. The molecule has 8 heteroatoms. The van der Waals surface area contributed by atoms with Gasteiger partial charge in [0.05, 0.1) is 24.1 Å². The number of ether oxygens (including phenoxy) is 2. The minimum absolute atomic E-state index is 0.00538. The number of phenols is 1. The van der Waals surface area contributed by atoms with Crippen LogP contribution in [0.3, 0.4) is 0 Å². The number of carbonyl (C=O) groups is 2. The Morgan fingerprint density at radius 2 is 1.85 bits per heavy atom. The fraction of sp³-hybridized carbons (Fsp3) is 0.263. The van der Waals surface area contributed by atoms with Gasteiger partial charge in [-0.2, -0.15) is 0 Å². The molecule has 0 radical (unpaired) electrons. The van der Waals surface area contributed by atoms with Crippen molar-refractivity contribution >= 4 is 35.3 Å². The number of benzene rings is 2. The normalized spacial score (nSPS) is 11.5. The first kappa shape index (κ1) is 20.9. The van der Waals surface area contributed by atoms with Gasteiger partial charge in [-0.3, -0.25) is 4.79 Å². The van der Waals surface area contributed by atoms with Gasteiger partial charge in [0, 0.05) is 10.6 Å². The Morgan fingerprint density at radius 3 is 2.52 bits per heavy atom. The topological polar surface area (TPSA) is 84.9 Å². The summed E-state index contributed by atoms with van der Waals surface area (Å²) in [7, 11) is 0. The number of nitrogens with one attached hydrogen (secondary N) is 1. The summed E-state index contributed by atoms with van der Waals surface area (Å²) < 4.78 is 10.1. The van der Waals surface area contributed by atoms with E-state index in [9.17, 15) is 14.7 Å². The number of hydrogen-bond donors (Lipinski definition) is 2. The highest BCUT2D eigenvalue weighted by atomic mass is 35.5. The average Bonchev–Trinajstić information content (AvgIpc) is 2.63. The molecule has 0 heterocycles. The van der Waals surface area contributed by atoms with Crippen molar-refractivity contribution in [1.82, 2.24) is 5.32 Å². The summed E-state index contributed by atoms with van der Waals surface area (Å²) in [6, 6.07) is 11.0. The molecular weight excluding hydrogens is 393 g/mol. The highest BCUT2D eigenvalue weighted by Gasteiger charge is 2.24. The molecular formula is C19H19Cl2NO5. The summed E-state index contributed by atoms with van der Waals surface area (Å²) in [6.07, 6.45) is -0.984. The molecule has 0 unspecified atom stereocenters. The van der Waals surface area contributed by atoms with E-state index in [1.165, 1.54) is 12.1 Å². The molecule has 0 spiro atoms. The summed E-state index contributed by atoms with van der Waals surface area (Å²) in [5.74, 6) is -0.833. The number of esters is 1. The summed E-state index contributed by atoms with van der Waals surface area (Å²) in [6.45, 7) is 1.91. The van der Waals surface area contributed by atoms with Crippen LogP contribution in [0.2, 0.25) is 10.0 Å². The van der Waals surface area contributed by atoms with Gasteiger partial charge in [0.2, 0.25) is 0 Å². The van der Waals surface area contributed by atoms with Gasteiger partial charge >= 0.3 is 12.1 Å². The Kier molecular flexibility index (Phi) is 7.76. The summed E-state index contributed by atoms with van der Waals surface area (Å²) in [5.41, 5.74) is 1.00. The number of hydrogen-bond acceptors (Lipinski definition) is 5. The number of phenolic OH excluding ortho intramolecular Hbond substituents is 1. The maximum absolute atomic E-state index is 12.2. The Hall–Kier alpha value is -2.44. The van der Waals surface area contributed by atoms with E-state index in [0.717, 1.165) is 5.56 Å². The highest BCUT2D eigenvalue weighted by Crippen LogP contribution is 2.36. The minimum atomic E-state index is -0.927. The molecule has 2 aromatic carbocycles. The van der Waals surface area contributed by atoms with E-state index in [2.05, 4.69) is 5.32 Å². The van der Waals surface area contributed by atoms with Crippen molar-refractivity contribution in [2.45, 2.75) is 26.0 Å². The molecule has 1 atom stereocenters. The van der Waals surface area contributed by atoms with Gasteiger partial charge in [-0.05, 0) is 24.6 Å². The minimum Gasteiger partial charge on any atom is -0.506 e. The van der Waals surface area contributed by atoms with Crippen LogP contribution in [0.1, 0.15) is 30.5 Å². The number of amides is 1. The van der Waals surface area contributed by atoms with E-state index in [1.54, 1.807) is 6.92 Å². The van der Waals surface area contributed by atoms with Gasteiger partial charge in [0.1, 0.15) is 12.4 Å². The maximum Gasteiger partial charge on any atom is 0.407 e. The van der Waals surface area contributed by atoms with E-state index in [-0.39, 0.29) is 41.0 Å². The van der Waals surface area contributed by atoms with Crippen LogP contribution in [0.25, 0.3) is 0 Å². The smallest absolute Gasteiger partial charge is 0.407 e. The zero-order chi connectivity index (χ0) is 19.8. The van der Waals surface area contributed by atoms with E-state index in [0.29, 0.717) is 0 Å². The van der Waals surface area contributed by atoms with Crippen molar-refractivity contribution in [3.05, 3.63) is 63.6 Å². The molecule has 144 valence electrons. The quantitative estimate of drug-likeness (QED) is 0.649. The Morgan fingerprint density at radius 1 is 1.15 bits per heavy atom. The molecule has 0 bridgehead atoms.